The lowest BCUT2D eigenvalue weighted by molar-refractivity contribution is -0.0000121. The van der Waals surface area contributed by atoms with Crippen LogP contribution < -0.4 is 17.7 Å². The number of nitrogens with zero attached hydrogens (tertiary/aromatic N) is 1. The Morgan fingerprint density at radius 3 is 2.52 bits per heavy atom. The van der Waals surface area contributed by atoms with Gasteiger partial charge in [0.2, 0.25) is 0 Å². The van der Waals surface area contributed by atoms with Crippen LogP contribution in [0.15, 0.2) is 53.9 Å². The summed E-state index contributed by atoms with van der Waals surface area (Å²) in [6, 6.07) is 15.4. The number of anilines is 1. The van der Waals surface area contributed by atoms with E-state index in [2.05, 4.69) is 42.3 Å². The third-order valence-corrected chi connectivity index (χ3v) is 4.18. The van der Waals surface area contributed by atoms with Crippen molar-refractivity contribution >= 4 is 22.4 Å². The van der Waals surface area contributed by atoms with E-state index in [1.54, 1.807) is 12.1 Å². The summed E-state index contributed by atoms with van der Waals surface area (Å²) in [6.07, 6.45) is 0. The maximum absolute atomic E-state index is 12.1. The van der Waals surface area contributed by atoms with E-state index in [0.717, 1.165) is 11.3 Å². The molecule has 3 rings (SSSR count). The lowest BCUT2D eigenvalue weighted by Crippen LogP contribution is -3.00. The molecule has 0 bridgehead atoms. The molecule has 0 saturated heterocycles. The first-order valence-corrected chi connectivity index (χ1v) is 7.91. The molecule has 1 amide bonds. The van der Waals surface area contributed by atoms with Crippen LogP contribution in [-0.2, 0) is 0 Å². The Morgan fingerprint density at radius 2 is 1.83 bits per heavy atom. The van der Waals surface area contributed by atoms with Crippen molar-refractivity contribution in [2.24, 2.45) is 0 Å². The summed E-state index contributed by atoms with van der Waals surface area (Å²) in [5, 5.41) is 5.43. The van der Waals surface area contributed by atoms with Crippen LogP contribution >= 0.6 is 11.3 Å². The van der Waals surface area contributed by atoms with Gasteiger partial charge < -0.3 is 12.4 Å². The lowest BCUT2D eigenvalue weighted by Gasteiger charge is -2.04. The van der Waals surface area contributed by atoms with Crippen molar-refractivity contribution in [3.8, 4) is 11.3 Å². The maximum atomic E-state index is 12.1. The number of hydrogen-bond donors (Lipinski definition) is 1. The van der Waals surface area contributed by atoms with Gasteiger partial charge in [0.1, 0.15) is 0 Å². The van der Waals surface area contributed by atoms with Gasteiger partial charge in [0, 0.05) is 16.5 Å². The van der Waals surface area contributed by atoms with Gasteiger partial charge >= 0.3 is 0 Å². The van der Waals surface area contributed by atoms with Gasteiger partial charge in [-0.15, -0.1) is 11.3 Å². The van der Waals surface area contributed by atoms with Crippen LogP contribution in [0.3, 0.4) is 0 Å². The van der Waals surface area contributed by atoms with Gasteiger partial charge in [-0.2, -0.15) is 0 Å². The number of carbonyl (C=O) groups is 1. The zero-order valence-corrected chi connectivity index (χ0v) is 14.4. The van der Waals surface area contributed by atoms with Crippen molar-refractivity contribution in [3.63, 3.8) is 0 Å². The topological polar surface area (TPSA) is 42.0 Å². The molecule has 1 aromatic heterocycles. The van der Waals surface area contributed by atoms with Crippen molar-refractivity contribution in [3.05, 3.63) is 70.6 Å². The van der Waals surface area contributed by atoms with Gasteiger partial charge in [0.15, 0.2) is 5.13 Å². The highest BCUT2D eigenvalue weighted by molar-refractivity contribution is 7.14. The van der Waals surface area contributed by atoms with Gasteiger partial charge in [-0.1, -0.05) is 42.0 Å². The molecule has 0 atom stereocenters. The number of carbonyl (C=O) groups excluding carboxylic acids is 1. The van der Waals surface area contributed by atoms with Crippen molar-refractivity contribution in [2.45, 2.75) is 13.8 Å². The second-order valence-electron chi connectivity index (χ2n) is 5.18. The highest BCUT2D eigenvalue weighted by atomic mass is 35.5. The number of nitrogens with one attached hydrogen (secondary N) is 1. The minimum absolute atomic E-state index is 0. The molecule has 1 heterocycles. The van der Waals surface area contributed by atoms with Crippen LogP contribution in [0.25, 0.3) is 11.3 Å². The zero-order valence-electron chi connectivity index (χ0n) is 12.8. The first kappa shape index (κ1) is 17.2. The van der Waals surface area contributed by atoms with E-state index >= 15 is 0 Å². The molecule has 0 unspecified atom stereocenters. The van der Waals surface area contributed by atoms with Gasteiger partial charge in [-0.3, -0.25) is 10.1 Å². The van der Waals surface area contributed by atoms with Crippen LogP contribution in [0.4, 0.5) is 5.13 Å². The Bertz CT molecular complexity index is 815. The summed E-state index contributed by atoms with van der Waals surface area (Å²) in [5.41, 5.74) is 5.04. The molecular weight excluding hydrogens is 328 g/mol. The summed E-state index contributed by atoms with van der Waals surface area (Å²) in [5.74, 6) is -0.137. The number of hydrogen-bond acceptors (Lipinski definition) is 3. The van der Waals surface area contributed by atoms with E-state index in [9.17, 15) is 4.79 Å². The molecule has 118 valence electrons. The largest absolute Gasteiger partial charge is 1.00 e. The number of thiazole rings is 1. The Morgan fingerprint density at radius 1 is 1.09 bits per heavy atom. The van der Waals surface area contributed by atoms with Crippen molar-refractivity contribution in [2.75, 3.05) is 5.32 Å². The first-order chi connectivity index (χ1) is 10.6. The molecule has 0 aliphatic carbocycles. The Kier molecular flexibility index (Phi) is 5.53. The Hall–Kier alpha value is -2.17. The van der Waals surface area contributed by atoms with E-state index < -0.39 is 0 Å². The smallest absolute Gasteiger partial charge is 0.257 e. The van der Waals surface area contributed by atoms with Crippen LogP contribution in [0.2, 0.25) is 0 Å². The van der Waals surface area contributed by atoms with E-state index in [4.69, 9.17) is 0 Å². The molecule has 0 saturated carbocycles. The van der Waals surface area contributed by atoms with Gasteiger partial charge in [0.05, 0.1) is 5.69 Å². The minimum Gasteiger partial charge on any atom is -1.00 e. The van der Waals surface area contributed by atoms with Crippen LogP contribution in [0.1, 0.15) is 21.5 Å². The molecule has 0 spiro atoms. The van der Waals surface area contributed by atoms with E-state index in [0.29, 0.717) is 10.7 Å². The molecule has 0 fully saturated rings. The number of aryl methyl sites for hydroxylation is 2. The Balaban J connectivity index is 0.00000192. The standard InChI is InChI=1S/C18H16N2OS.ClH/c1-12-8-9-15(13(2)10-12)16-11-22-18(19-16)20-17(21)14-6-4-3-5-7-14;/h3-11H,1-2H3,(H,19,20,21);1H/p-1. The molecule has 2 aromatic carbocycles. The molecule has 23 heavy (non-hydrogen) atoms. The number of rotatable bonds is 3. The first-order valence-electron chi connectivity index (χ1n) is 7.03. The summed E-state index contributed by atoms with van der Waals surface area (Å²) in [4.78, 5) is 16.7. The molecule has 0 aliphatic heterocycles. The third kappa shape index (κ3) is 3.97. The molecule has 0 radical (unpaired) electrons. The fraction of sp³-hybridized carbons (Fsp3) is 0.111. The molecule has 3 nitrogen and oxygen atoms in total. The summed E-state index contributed by atoms with van der Waals surface area (Å²) < 4.78 is 0. The SMILES string of the molecule is Cc1ccc(-c2csc(NC(=O)c3ccccc3)n2)c(C)c1.[Cl-]. The van der Waals surface area contributed by atoms with E-state index in [1.165, 1.54) is 22.5 Å². The predicted octanol–water partition coefficient (Wildman–Crippen LogP) is 1.68. The normalized spacial score (nSPS) is 10.0. The van der Waals surface area contributed by atoms with E-state index in [1.807, 2.05) is 23.6 Å². The summed E-state index contributed by atoms with van der Waals surface area (Å²) in [6.45, 7) is 4.15. The Labute approximate surface area is 145 Å². The fourth-order valence-corrected chi connectivity index (χ4v) is 3.02. The average Bonchev–Trinajstić information content (AvgIpc) is 2.96. The molecule has 5 heteroatoms. The number of halogens is 1. The minimum atomic E-state index is -0.137. The van der Waals surface area contributed by atoms with Crippen molar-refractivity contribution in [1.82, 2.24) is 4.98 Å². The highest BCUT2D eigenvalue weighted by Crippen LogP contribution is 2.28. The third-order valence-electron chi connectivity index (χ3n) is 3.42. The van der Waals surface area contributed by atoms with E-state index in [-0.39, 0.29) is 18.3 Å². The van der Waals surface area contributed by atoms with Crippen LogP contribution in [0, 0.1) is 13.8 Å². The summed E-state index contributed by atoms with van der Waals surface area (Å²) >= 11 is 1.44. The maximum Gasteiger partial charge on any atom is 0.257 e. The van der Waals surface area contributed by atoms with Gasteiger partial charge in [-0.05, 0) is 31.5 Å². The van der Waals surface area contributed by atoms with Crippen LogP contribution in [0.5, 0.6) is 0 Å². The fourth-order valence-electron chi connectivity index (χ4n) is 2.31. The monoisotopic (exact) mass is 343 g/mol. The quantitative estimate of drug-likeness (QED) is 0.786. The number of aromatic nitrogens is 1. The molecule has 3 aromatic rings. The predicted molar refractivity (Wildman–Crippen MR) is 91.4 cm³/mol. The summed E-state index contributed by atoms with van der Waals surface area (Å²) in [7, 11) is 0. The number of amides is 1. The van der Waals surface area contributed by atoms with Crippen molar-refractivity contribution in [1.29, 1.82) is 0 Å². The molecule has 1 N–H and O–H groups in total. The lowest BCUT2D eigenvalue weighted by atomic mass is 10.0. The van der Waals surface area contributed by atoms with Gasteiger partial charge in [0.25, 0.3) is 5.91 Å². The molecular formula is C18H16ClN2OS-. The second kappa shape index (κ2) is 7.40. The number of benzene rings is 2. The van der Waals surface area contributed by atoms with Crippen molar-refractivity contribution < 1.29 is 17.2 Å². The highest BCUT2D eigenvalue weighted by Gasteiger charge is 2.10. The van der Waals surface area contributed by atoms with Gasteiger partial charge in [-0.25, -0.2) is 4.98 Å². The van der Waals surface area contributed by atoms with Crippen LogP contribution in [-0.4, -0.2) is 10.9 Å². The average molecular weight is 344 g/mol. The zero-order chi connectivity index (χ0) is 15.5. The molecule has 0 aliphatic rings. The second-order valence-corrected chi connectivity index (χ2v) is 6.03.